The lowest BCUT2D eigenvalue weighted by molar-refractivity contribution is 0.106. The van der Waals surface area contributed by atoms with E-state index in [-0.39, 0.29) is 0 Å². The number of methoxy groups -OCH3 is 1. The van der Waals surface area contributed by atoms with E-state index in [1.807, 2.05) is 0 Å². The van der Waals surface area contributed by atoms with Crippen molar-refractivity contribution in [2.75, 3.05) is 13.7 Å². The highest BCUT2D eigenvalue weighted by molar-refractivity contribution is 5.01. The predicted octanol–water partition coefficient (Wildman–Crippen LogP) is 2.32. The number of hydrogen-bond donors (Lipinski definition) is 0. The van der Waals surface area contributed by atoms with Gasteiger partial charge in [0.25, 0.3) is 0 Å². The van der Waals surface area contributed by atoms with Gasteiger partial charge in [0, 0.05) is 7.11 Å². The predicted molar refractivity (Wildman–Crippen MR) is 42.9 cm³/mol. The van der Waals surface area contributed by atoms with E-state index in [9.17, 15) is 0 Å². The molecule has 0 heterocycles. The number of hydrogen-bond acceptors (Lipinski definition) is 1. The third-order valence-corrected chi connectivity index (χ3v) is 3.07. The summed E-state index contributed by atoms with van der Waals surface area (Å²) in [4.78, 5) is 0. The van der Waals surface area contributed by atoms with Crippen LogP contribution in [0.2, 0.25) is 0 Å². The van der Waals surface area contributed by atoms with Crippen molar-refractivity contribution in [3.63, 3.8) is 0 Å². The van der Waals surface area contributed by atoms with Crippen LogP contribution >= 0.6 is 0 Å². The molecule has 2 unspecified atom stereocenters. The van der Waals surface area contributed by atoms with Crippen molar-refractivity contribution in [1.82, 2.24) is 0 Å². The zero-order valence-corrected chi connectivity index (χ0v) is 7.48. The van der Waals surface area contributed by atoms with Crippen LogP contribution in [0.1, 0.15) is 27.2 Å². The first-order valence-corrected chi connectivity index (χ1v) is 4.12. The molecule has 1 heteroatoms. The maximum absolute atomic E-state index is 5.20. The van der Waals surface area contributed by atoms with Gasteiger partial charge in [0.1, 0.15) is 0 Å². The van der Waals surface area contributed by atoms with Gasteiger partial charge in [-0.3, -0.25) is 0 Å². The lowest BCUT2D eigenvalue weighted by Crippen LogP contribution is -2.18. The standard InChI is InChI=1S/C9H18O/c1-7(2)9(6-10-4)5-8(9)3/h7-8H,5-6H2,1-4H3. The van der Waals surface area contributed by atoms with Crippen LogP contribution in [0, 0.1) is 17.3 Å². The van der Waals surface area contributed by atoms with Crippen molar-refractivity contribution in [2.45, 2.75) is 27.2 Å². The number of ether oxygens (including phenoxy) is 1. The van der Waals surface area contributed by atoms with E-state index in [0.717, 1.165) is 18.4 Å². The van der Waals surface area contributed by atoms with Gasteiger partial charge in [-0.1, -0.05) is 20.8 Å². The fraction of sp³-hybridized carbons (Fsp3) is 1.00. The van der Waals surface area contributed by atoms with Crippen molar-refractivity contribution in [3.8, 4) is 0 Å². The Labute approximate surface area is 63.8 Å². The van der Waals surface area contributed by atoms with Crippen molar-refractivity contribution < 1.29 is 4.74 Å². The Hall–Kier alpha value is -0.0400. The van der Waals surface area contributed by atoms with Crippen molar-refractivity contribution in [3.05, 3.63) is 0 Å². The van der Waals surface area contributed by atoms with Crippen LogP contribution in [0.15, 0.2) is 0 Å². The molecular formula is C9H18O. The summed E-state index contributed by atoms with van der Waals surface area (Å²) in [5.74, 6) is 1.66. The van der Waals surface area contributed by atoms with E-state index in [1.165, 1.54) is 6.42 Å². The normalized spacial score (nSPS) is 38.7. The minimum Gasteiger partial charge on any atom is -0.384 e. The average molecular weight is 142 g/mol. The number of rotatable bonds is 3. The average Bonchev–Trinajstić information content (AvgIpc) is 2.44. The molecule has 1 aliphatic rings. The van der Waals surface area contributed by atoms with Crippen molar-refractivity contribution in [1.29, 1.82) is 0 Å². The lowest BCUT2D eigenvalue weighted by Gasteiger charge is -2.19. The molecule has 1 aliphatic carbocycles. The molecule has 1 nitrogen and oxygen atoms in total. The Kier molecular flexibility index (Phi) is 2.04. The topological polar surface area (TPSA) is 9.23 Å². The summed E-state index contributed by atoms with van der Waals surface area (Å²) in [6, 6.07) is 0. The van der Waals surface area contributed by atoms with Crippen molar-refractivity contribution in [2.24, 2.45) is 17.3 Å². The SMILES string of the molecule is COCC1(C(C)C)CC1C. The van der Waals surface area contributed by atoms with E-state index in [4.69, 9.17) is 4.74 Å². The fourth-order valence-corrected chi connectivity index (χ4v) is 1.95. The van der Waals surface area contributed by atoms with E-state index < -0.39 is 0 Å². The molecule has 0 saturated heterocycles. The Morgan fingerprint density at radius 1 is 1.60 bits per heavy atom. The second-order valence-electron chi connectivity index (χ2n) is 3.93. The van der Waals surface area contributed by atoms with Crippen LogP contribution in [-0.2, 0) is 4.74 Å². The van der Waals surface area contributed by atoms with Gasteiger partial charge in [0.05, 0.1) is 6.61 Å². The van der Waals surface area contributed by atoms with Crippen LogP contribution in [0.3, 0.4) is 0 Å². The zero-order chi connectivity index (χ0) is 7.78. The maximum Gasteiger partial charge on any atom is 0.0523 e. The van der Waals surface area contributed by atoms with Gasteiger partial charge in [-0.2, -0.15) is 0 Å². The summed E-state index contributed by atoms with van der Waals surface area (Å²) in [6.07, 6.45) is 1.36. The highest BCUT2D eigenvalue weighted by atomic mass is 16.5. The molecule has 0 aliphatic heterocycles. The van der Waals surface area contributed by atoms with Gasteiger partial charge < -0.3 is 4.74 Å². The molecule has 0 aromatic heterocycles. The van der Waals surface area contributed by atoms with Gasteiger partial charge in [0.2, 0.25) is 0 Å². The zero-order valence-electron chi connectivity index (χ0n) is 7.48. The van der Waals surface area contributed by atoms with Gasteiger partial charge in [0.15, 0.2) is 0 Å². The lowest BCUT2D eigenvalue weighted by atomic mass is 9.91. The summed E-state index contributed by atoms with van der Waals surface area (Å²) in [6.45, 7) is 7.86. The molecule has 0 spiro atoms. The summed E-state index contributed by atoms with van der Waals surface area (Å²) < 4.78 is 5.20. The van der Waals surface area contributed by atoms with Crippen LogP contribution in [0.4, 0.5) is 0 Å². The Balaban J connectivity index is 2.46. The Morgan fingerprint density at radius 3 is 2.20 bits per heavy atom. The summed E-state index contributed by atoms with van der Waals surface area (Å²) >= 11 is 0. The Morgan fingerprint density at radius 2 is 2.10 bits per heavy atom. The van der Waals surface area contributed by atoms with Crippen molar-refractivity contribution >= 4 is 0 Å². The molecule has 0 aromatic rings. The molecule has 0 amide bonds. The first-order valence-electron chi connectivity index (χ1n) is 4.12. The van der Waals surface area contributed by atoms with Gasteiger partial charge >= 0.3 is 0 Å². The molecule has 0 N–H and O–H groups in total. The molecule has 1 saturated carbocycles. The third-order valence-electron chi connectivity index (χ3n) is 3.07. The molecule has 60 valence electrons. The molecule has 0 radical (unpaired) electrons. The Bertz CT molecular complexity index is 120. The van der Waals surface area contributed by atoms with Crippen LogP contribution < -0.4 is 0 Å². The van der Waals surface area contributed by atoms with E-state index in [1.54, 1.807) is 7.11 Å². The fourth-order valence-electron chi connectivity index (χ4n) is 1.95. The van der Waals surface area contributed by atoms with Gasteiger partial charge in [-0.05, 0) is 23.7 Å². The van der Waals surface area contributed by atoms with Crippen LogP contribution in [0.25, 0.3) is 0 Å². The quantitative estimate of drug-likeness (QED) is 0.587. The van der Waals surface area contributed by atoms with Crippen LogP contribution in [-0.4, -0.2) is 13.7 Å². The van der Waals surface area contributed by atoms with Crippen LogP contribution in [0.5, 0.6) is 0 Å². The first kappa shape index (κ1) is 8.06. The molecule has 1 rings (SSSR count). The molecule has 1 fully saturated rings. The smallest absolute Gasteiger partial charge is 0.0523 e. The molecule has 2 atom stereocenters. The molecule has 0 aromatic carbocycles. The highest BCUT2D eigenvalue weighted by Crippen LogP contribution is 2.57. The molecular weight excluding hydrogens is 124 g/mol. The summed E-state index contributed by atoms with van der Waals surface area (Å²) in [5, 5.41) is 0. The summed E-state index contributed by atoms with van der Waals surface area (Å²) in [5.41, 5.74) is 0.536. The highest BCUT2D eigenvalue weighted by Gasteiger charge is 2.52. The second-order valence-corrected chi connectivity index (χ2v) is 3.93. The largest absolute Gasteiger partial charge is 0.384 e. The second kappa shape index (κ2) is 2.54. The van der Waals surface area contributed by atoms with Gasteiger partial charge in [-0.25, -0.2) is 0 Å². The van der Waals surface area contributed by atoms with E-state index >= 15 is 0 Å². The van der Waals surface area contributed by atoms with E-state index in [0.29, 0.717) is 5.41 Å². The maximum atomic E-state index is 5.20. The molecule has 0 bridgehead atoms. The molecule has 10 heavy (non-hydrogen) atoms. The van der Waals surface area contributed by atoms with E-state index in [2.05, 4.69) is 20.8 Å². The summed E-state index contributed by atoms with van der Waals surface area (Å²) in [7, 11) is 1.80. The minimum absolute atomic E-state index is 0.536. The first-order chi connectivity index (χ1) is 4.63. The van der Waals surface area contributed by atoms with Gasteiger partial charge in [-0.15, -0.1) is 0 Å². The minimum atomic E-state index is 0.536. The monoisotopic (exact) mass is 142 g/mol. The third kappa shape index (κ3) is 1.07.